The molecule has 0 radical (unpaired) electrons. The molecule has 1 heterocycles. The molecule has 0 aliphatic rings. The van der Waals surface area contributed by atoms with Crippen molar-refractivity contribution in [2.24, 2.45) is 5.10 Å². The van der Waals surface area contributed by atoms with E-state index in [-0.39, 0.29) is 28.7 Å². The van der Waals surface area contributed by atoms with E-state index >= 15 is 0 Å². The molecular formula is C22H23ClF3N5O4. The highest BCUT2D eigenvalue weighted by molar-refractivity contribution is 6.30. The summed E-state index contributed by atoms with van der Waals surface area (Å²) in [6, 6.07) is 6.13. The van der Waals surface area contributed by atoms with Crippen LogP contribution in [-0.2, 0) is 22.3 Å². The molecule has 0 aliphatic carbocycles. The fraction of sp³-hybridized carbons (Fsp3) is 0.364. The molecule has 0 spiro atoms. The van der Waals surface area contributed by atoms with Crippen LogP contribution in [0, 0.1) is 11.3 Å². The molecule has 0 unspecified atom stereocenters. The Labute approximate surface area is 204 Å². The number of ether oxygens (including phenoxy) is 2. The summed E-state index contributed by atoms with van der Waals surface area (Å²) in [5, 5.41) is 14.3. The summed E-state index contributed by atoms with van der Waals surface area (Å²) in [7, 11) is 4.55. The topological polar surface area (TPSA) is 100 Å². The standard InChI is InChI=1S/C22H23ClF3N5O4/c1-21(2,34-5)31(13-32)28-18(29(3)4)12-30-7-6-17(22(24,25)26)19(20(30)33)35-16-9-14(11-27)8-15(23)10-16/h6-10,13H,12H2,1-5H3/b28-18-. The summed E-state index contributed by atoms with van der Waals surface area (Å²) in [4.78, 5) is 26.1. The SMILES string of the molecule is COC(C)(C)N(C=O)/N=C(/Cn1ccc(C(F)(F)F)c(Oc2cc(Cl)cc(C#N)c2)c1=O)N(C)C. The monoisotopic (exact) mass is 513 g/mol. The number of rotatable bonds is 8. The van der Waals surface area contributed by atoms with Gasteiger partial charge in [0.15, 0.2) is 5.72 Å². The third kappa shape index (κ3) is 6.74. The van der Waals surface area contributed by atoms with Gasteiger partial charge in [-0.2, -0.15) is 23.5 Å². The summed E-state index contributed by atoms with van der Waals surface area (Å²) < 4.78 is 52.5. The zero-order valence-electron chi connectivity index (χ0n) is 19.6. The van der Waals surface area contributed by atoms with Crippen LogP contribution >= 0.6 is 11.6 Å². The van der Waals surface area contributed by atoms with Gasteiger partial charge in [0.25, 0.3) is 5.56 Å². The largest absolute Gasteiger partial charge is 0.451 e. The van der Waals surface area contributed by atoms with Crippen molar-refractivity contribution < 1.29 is 27.4 Å². The van der Waals surface area contributed by atoms with E-state index in [0.29, 0.717) is 12.5 Å². The van der Waals surface area contributed by atoms with Gasteiger partial charge in [-0.25, -0.2) is 5.01 Å². The van der Waals surface area contributed by atoms with Crippen LogP contribution in [0.5, 0.6) is 11.5 Å². The molecule has 2 rings (SSSR count). The van der Waals surface area contributed by atoms with E-state index in [1.165, 1.54) is 24.1 Å². The first-order valence-electron chi connectivity index (χ1n) is 9.97. The van der Waals surface area contributed by atoms with E-state index in [4.69, 9.17) is 26.3 Å². The molecule has 1 aromatic heterocycles. The summed E-state index contributed by atoms with van der Waals surface area (Å²) in [6.45, 7) is 2.85. The zero-order chi connectivity index (χ0) is 26.6. The molecule has 1 aromatic carbocycles. The third-order valence-electron chi connectivity index (χ3n) is 4.85. The van der Waals surface area contributed by atoms with Gasteiger partial charge in [-0.15, -0.1) is 0 Å². The normalized spacial score (nSPS) is 12.2. The van der Waals surface area contributed by atoms with Crippen LogP contribution in [0.2, 0.25) is 5.02 Å². The minimum Gasteiger partial charge on any atom is -0.451 e. The molecule has 2 aromatic rings. The van der Waals surface area contributed by atoms with Crippen molar-refractivity contribution in [2.45, 2.75) is 32.3 Å². The number of carbonyl (C=O) groups excluding carboxylic acids is 1. The number of hydrogen-bond acceptors (Lipinski definition) is 6. The molecule has 1 amide bonds. The van der Waals surface area contributed by atoms with Crippen molar-refractivity contribution in [3.05, 3.63) is 57.0 Å². The number of aromatic nitrogens is 1. The molecule has 0 aliphatic heterocycles. The smallest absolute Gasteiger partial charge is 0.420 e. The summed E-state index contributed by atoms with van der Waals surface area (Å²) in [6.07, 6.45) is -3.54. The number of amidine groups is 1. The molecule has 0 N–H and O–H groups in total. The fourth-order valence-corrected chi connectivity index (χ4v) is 2.93. The Morgan fingerprint density at radius 1 is 1.29 bits per heavy atom. The minimum absolute atomic E-state index is 0.0362. The number of amides is 1. The molecule has 35 heavy (non-hydrogen) atoms. The average Bonchev–Trinajstić information content (AvgIpc) is 2.77. The second-order valence-electron chi connectivity index (χ2n) is 7.89. The van der Waals surface area contributed by atoms with E-state index in [2.05, 4.69) is 5.10 Å². The number of pyridine rings is 1. The van der Waals surface area contributed by atoms with E-state index < -0.39 is 28.8 Å². The molecule has 9 nitrogen and oxygen atoms in total. The molecule has 0 saturated carbocycles. The number of benzene rings is 1. The van der Waals surface area contributed by atoms with Gasteiger partial charge in [-0.3, -0.25) is 9.59 Å². The Bertz CT molecular complexity index is 1220. The van der Waals surface area contributed by atoms with Gasteiger partial charge in [0.05, 0.1) is 18.2 Å². The maximum atomic E-state index is 13.7. The van der Waals surface area contributed by atoms with Crippen molar-refractivity contribution >= 4 is 23.8 Å². The molecule has 0 fully saturated rings. The lowest BCUT2D eigenvalue weighted by atomic mass is 10.2. The first-order chi connectivity index (χ1) is 16.2. The Morgan fingerprint density at radius 3 is 2.46 bits per heavy atom. The van der Waals surface area contributed by atoms with Crippen LogP contribution in [0.4, 0.5) is 13.2 Å². The number of alkyl halides is 3. The Hall–Kier alpha value is -3.56. The number of hydrogen-bond donors (Lipinski definition) is 0. The average molecular weight is 514 g/mol. The van der Waals surface area contributed by atoms with Crippen LogP contribution in [0.15, 0.2) is 40.4 Å². The van der Waals surface area contributed by atoms with Gasteiger partial charge in [-0.1, -0.05) is 11.6 Å². The highest BCUT2D eigenvalue weighted by Gasteiger charge is 2.37. The number of carbonyl (C=O) groups is 1. The van der Waals surface area contributed by atoms with Crippen LogP contribution in [0.25, 0.3) is 0 Å². The van der Waals surface area contributed by atoms with Crippen LogP contribution < -0.4 is 10.3 Å². The number of likely N-dealkylation sites (N-methyl/N-ethyl adjacent to an activating group) is 1. The van der Waals surface area contributed by atoms with Gasteiger partial charge in [0.1, 0.15) is 17.1 Å². The quantitative estimate of drug-likeness (QED) is 0.174. The second-order valence-corrected chi connectivity index (χ2v) is 8.33. The van der Waals surface area contributed by atoms with E-state index in [1.807, 2.05) is 6.07 Å². The fourth-order valence-electron chi connectivity index (χ4n) is 2.71. The van der Waals surface area contributed by atoms with Crippen LogP contribution in [0.3, 0.4) is 0 Å². The van der Waals surface area contributed by atoms with Gasteiger partial charge in [-0.05, 0) is 38.1 Å². The van der Waals surface area contributed by atoms with Crippen molar-refractivity contribution in [1.29, 1.82) is 5.26 Å². The van der Waals surface area contributed by atoms with Gasteiger partial charge >= 0.3 is 6.18 Å². The summed E-state index contributed by atoms with van der Waals surface area (Å²) >= 11 is 5.91. The first kappa shape index (κ1) is 27.7. The van der Waals surface area contributed by atoms with Gasteiger partial charge < -0.3 is 18.9 Å². The first-order valence-corrected chi connectivity index (χ1v) is 10.3. The van der Waals surface area contributed by atoms with E-state index in [1.54, 1.807) is 27.9 Å². The predicted octanol–water partition coefficient (Wildman–Crippen LogP) is 3.90. The second kappa shape index (κ2) is 10.8. The maximum absolute atomic E-state index is 13.7. The van der Waals surface area contributed by atoms with E-state index in [0.717, 1.165) is 21.8 Å². The molecule has 0 bridgehead atoms. The Balaban J connectivity index is 2.62. The number of nitrogens with zero attached hydrogens (tertiary/aromatic N) is 5. The lowest BCUT2D eigenvalue weighted by Crippen LogP contribution is -2.43. The minimum atomic E-state index is -4.90. The lowest BCUT2D eigenvalue weighted by molar-refractivity contribution is -0.146. The summed E-state index contributed by atoms with van der Waals surface area (Å²) in [5.74, 6) is -1.07. The molecule has 188 valence electrons. The molecule has 0 atom stereocenters. The number of hydrazone groups is 1. The zero-order valence-corrected chi connectivity index (χ0v) is 20.3. The highest BCUT2D eigenvalue weighted by atomic mass is 35.5. The van der Waals surface area contributed by atoms with Gasteiger partial charge in [0, 0.05) is 32.4 Å². The van der Waals surface area contributed by atoms with Crippen molar-refractivity contribution in [3.8, 4) is 17.6 Å². The van der Waals surface area contributed by atoms with Gasteiger partial charge in [0.2, 0.25) is 12.2 Å². The molecule has 0 saturated heterocycles. The number of halogens is 4. The van der Waals surface area contributed by atoms with Crippen molar-refractivity contribution in [2.75, 3.05) is 21.2 Å². The van der Waals surface area contributed by atoms with Crippen LogP contribution in [-0.4, -0.2) is 53.7 Å². The maximum Gasteiger partial charge on any atom is 0.420 e. The van der Waals surface area contributed by atoms with Crippen molar-refractivity contribution in [1.82, 2.24) is 14.5 Å². The Kier molecular flexibility index (Phi) is 8.54. The van der Waals surface area contributed by atoms with Crippen molar-refractivity contribution in [3.63, 3.8) is 0 Å². The molecule has 13 heteroatoms. The van der Waals surface area contributed by atoms with E-state index in [9.17, 15) is 22.8 Å². The number of methoxy groups -OCH3 is 1. The molecular weight excluding hydrogens is 491 g/mol. The third-order valence-corrected chi connectivity index (χ3v) is 5.07. The predicted molar refractivity (Wildman–Crippen MR) is 122 cm³/mol. The Morgan fingerprint density at radius 2 is 1.94 bits per heavy atom. The highest BCUT2D eigenvalue weighted by Crippen LogP contribution is 2.36. The summed E-state index contributed by atoms with van der Waals surface area (Å²) in [5.41, 5.74) is -3.52. The lowest BCUT2D eigenvalue weighted by Gasteiger charge is -2.31. The number of nitriles is 1. The van der Waals surface area contributed by atoms with Crippen LogP contribution in [0.1, 0.15) is 25.0 Å².